The number of rotatable bonds is 4. The van der Waals surface area contributed by atoms with E-state index in [4.69, 9.17) is 4.74 Å². The summed E-state index contributed by atoms with van der Waals surface area (Å²) in [7, 11) is 0. The number of nitrogens with one attached hydrogen (secondary N) is 1. The van der Waals surface area contributed by atoms with Crippen LogP contribution in [0.25, 0.3) is 0 Å². The molecule has 78 valence electrons. The highest BCUT2D eigenvalue weighted by molar-refractivity contribution is 7.13. The third kappa shape index (κ3) is 2.99. The van der Waals surface area contributed by atoms with Crippen LogP contribution in [-0.4, -0.2) is 23.6 Å². The van der Waals surface area contributed by atoms with E-state index in [0.717, 1.165) is 10.8 Å². The van der Waals surface area contributed by atoms with Gasteiger partial charge in [0.1, 0.15) is 6.04 Å². The average molecular weight is 214 g/mol. The fourth-order valence-electron chi connectivity index (χ4n) is 0.932. The van der Waals surface area contributed by atoms with Gasteiger partial charge in [-0.15, -0.1) is 11.3 Å². The van der Waals surface area contributed by atoms with Crippen molar-refractivity contribution in [2.24, 2.45) is 0 Å². The Morgan fingerprint density at radius 1 is 1.79 bits per heavy atom. The molecule has 0 spiro atoms. The molecule has 0 aliphatic rings. The van der Waals surface area contributed by atoms with E-state index in [-0.39, 0.29) is 12.0 Å². The Balaban J connectivity index is 2.48. The van der Waals surface area contributed by atoms with Crippen molar-refractivity contribution in [2.45, 2.75) is 26.8 Å². The molecule has 0 fully saturated rings. The first kappa shape index (κ1) is 11.0. The maximum absolute atomic E-state index is 11.2. The molecular weight excluding hydrogens is 200 g/mol. The first-order valence-electron chi connectivity index (χ1n) is 4.48. The summed E-state index contributed by atoms with van der Waals surface area (Å²) in [5.41, 5.74) is 0.952. The van der Waals surface area contributed by atoms with Gasteiger partial charge >= 0.3 is 5.97 Å². The molecule has 1 aromatic heterocycles. The lowest BCUT2D eigenvalue weighted by Crippen LogP contribution is -2.28. The number of nitrogens with zero attached hydrogens (tertiary/aromatic N) is 1. The van der Waals surface area contributed by atoms with Crippen molar-refractivity contribution in [1.82, 2.24) is 4.98 Å². The molecule has 1 heterocycles. The second kappa shape index (κ2) is 4.95. The van der Waals surface area contributed by atoms with Crippen LogP contribution < -0.4 is 5.32 Å². The normalized spacial score (nSPS) is 12.2. The predicted octanol–water partition coefficient (Wildman–Crippen LogP) is 1.82. The van der Waals surface area contributed by atoms with Crippen molar-refractivity contribution in [3.05, 3.63) is 11.1 Å². The minimum atomic E-state index is -0.347. The average Bonchev–Trinajstić information content (AvgIpc) is 2.51. The zero-order valence-corrected chi connectivity index (χ0v) is 9.35. The monoisotopic (exact) mass is 214 g/mol. The van der Waals surface area contributed by atoms with E-state index in [1.165, 1.54) is 11.3 Å². The molecule has 0 unspecified atom stereocenters. The van der Waals surface area contributed by atoms with Gasteiger partial charge in [0.2, 0.25) is 0 Å². The van der Waals surface area contributed by atoms with Crippen LogP contribution in [0, 0.1) is 6.92 Å². The molecule has 0 amide bonds. The summed E-state index contributed by atoms with van der Waals surface area (Å²) in [6.07, 6.45) is 0. The Labute approximate surface area is 87.3 Å². The van der Waals surface area contributed by atoms with Crippen molar-refractivity contribution in [3.63, 3.8) is 0 Å². The highest BCUT2D eigenvalue weighted by Crippen LogP contribution is 2.15. The summed E-state index contributed by atoms with van der Waals surface area (Å²) in [6.45, 7) is 5.87. The molecule has 0 aliphatic carbocycles. The van der Waals surface area contributed by atoms with E-state index in [1.54, 1.807) is 13.8 Å². The van der Waals surface area contributed by atoms with Crippen LogP contribution in [0.5, 0.6) is 0 Å². The maximum Gasteiger partial charge on any atom is 0.328 e. The Morgan fingerprint density at radius 3 is 3.00 bits per heavy atom. The number of hydrogen-bond donors (Lipinski definition) is 1. The number of aryl methyl sites for hydroxylation is 1. The van der Waals surface area contributed by atoms with Gasteiger partial charge in [0, 0.05) is 5.38 Å². The van der Waals surface area contributed by atoms with E-state index in [2.05, 4.69) is 10.3 Å². The minimum Gasteiger partial charge on any atom is -0.464 e. The summed E-state index contributed by atoms with van der Waals surface area (Å²) in [4.78, 5) is 15.4. The lowest BCUT2D eigenvalue weighted by atomic mass is 10.3. The third-order valence-electron chi connectivity index (χ3n) is 1.60. The van der Waals surface area contributed by atoms with Gasteiger partial charge in [-0.25, -0.2) is 9.78 Å². The molecule has 0 saturated heterocycles. The standard InChI is InChI=1S/C9H14N2O2S/c1-4-13-8(12)7(3)11-9-10-6(2)5-14-9/h5,7H,4H2,1-3H3,(H,10,11)/t7-/m0/s1. The lowest BCUT2D eigenvalue weighted by molar-refractivity contribution is -0.143. The van der Waals surface area contributed by atoms with E-state index in [9.17, 15) is 4.79 Å². The van der Waals surface area contributed by atoms with Gasteiger partial charge in [-0.2, -0.15) is 0 Å². The molecule has 0 radical (unpaired) electrons. The number of ether oxygens (including phenoxy) is 1. The van der Waals surface area contributed by atoms with Gasteiger partial charge in [0.15, 0.2) is 5.13 Å². The SMILES string of the molecule is CCOC(=O)[C@H](C)Nc1nc(C)cs1. The highest BCUT2D eigenvalue weighted by atomic mass is 32.1. The topological polar surface area (TPSA) is 51.2 Å². The van der Waals surface area contributed by atoms with Gasteiger partial charge < -0.3 is 10.1 Å². The van der Waals surface area contributed by atoms with Crippen molar-refractivity contribution in [1.29, 1.82) is 0 Å². The first-order chi connectivity index (χ1) is 6.63. The molecule has 1 N–H and O–H groups in total. The van der Waals surface area contributed by atoms with Crippen LogP contribution in [0.15, 0.2) is 5.38 Å². The number of esters is 1. The van der Waals surface area contributed by atoms with Gasteiger partial charge in [0.05, 0.1) is 12.3 Å². The molecule has 1 rings (SSSR count). The number of hydrogen-bond acceptors (Lipinski definition) is 5. The van der Waals surface area contributed by atoms with Crippen molar-refractivity contribution in [3.8, 4) is 0 Å². The molecule has 5 heteroatoms. The number of anilines is 1. The van der Waals surface area contributed by atoms with E-state index < -0.39 is 0 Å². The fourth-order valence-corrected chi connectivity index (χ4v) is 1.71. The van der Waals surface area contributed by atoms with Gasteiger partial charge in [-0.1, -0.05) is 0 Å². The Morgan fingerprint density at radius 2 is 2.50 bits per heavy atom. The smallest absolute Gasteiger partial charge is 0.328 e. The lowest BCUT2D eigenvalue weighted by Gasteiger charge is -2.10. The molecule has 1 aromatic rings. The van der Waals surface area contributed by atoms with Crippen LogP contribution in [-0.2, 0) is 9.53 Å². The Bertz CT molecular complexity index is 312. The van der Waals surface area contributed by atoms with E-state index in [0.29, 0.717) is 6.61 Å². The largest absolute Gasteiger partial charge is 0.464 e. The maximum atomic E-state index is 11.2. The van der Waals surface area contributed by atoms with Crippen LogP contribution in [0.1, 0.15) is 19.5 Å². The Hall–Kier alpha value is -1.10. The summed E-state index contributed by atoms with van der Waals surface area (Å²) in [5, 5.41) is 5.66. The molecular formula is C9H14N2O2S. The number of carbonyl (C=O) groups is 1. The zero-order valence-electron chi connectivity index (χ0n) is 8.53. The molecule has 1 atom stereocenters. The molecule has 0 aliphatic heterocycles. The van der Waals surface area contributed by atoms with Crippen LogP contribution in [0.2, 0.25) is 0 Å². The van der Waals surface area contributed by atoms with Crippen LogP contribution in [0.4, 0.5) is 5.13 Å². The first-order valence-corrected chi connectivity index (χ1v) is 5.36. The van der Waals surface area contributed by atoms with Gasteiger partial charge in [0.25, 0.3) is 0 Å². The Kier molecular flexibility index (Phi) is 3.88. The van der Waals surface area contributed by atoms with Crippen molar-refractivity contribution < 1.29 is 9.53 Å². The molecule has 0 aromatic carbocycles. The van der Waals surface area contributed by atoms with Crippen LogP contribution >= 0.6 is 11.3 Å². The fraction of sp³-hybridized carbons (Fsp3) is 0.556. The van der Waals surface area contributed by atoms with Crippen molar-refractivity contribution >= 4 is 22.4 Å². The summed E-state index contributed by atoms with van der Waals surface area (Å²) in [5.74, 6) is -0.250. The second-order valence-electron chi connectivity index (χ2n) is 2.91. The molecule has 4 nitrogen and oxygen atoms in total. The number of aromatic nitrogens is 1. The minimum absolute atomic E-state index is 0.250. The highest BCUT2D eigenvalue weighted by Gasteiger charge is 2.14. The number of carbonyl (C=O) groups excluding carboxylic acids is 1. The predicted molar refractivity (Wildman–Crippen MR) is 56.6 cm³/mol. The zero-order chi connectivity index (χ0) is 10.6. The van der Waals surface area contributed by atoms with Crippen LogP contribution in [0.3, 0.4) is 0 Å². The van der Waals surface area contributed by atoms with E-state index >= 15 is 0 Å². The molecule has 0 bridgehead atoms. The summed E-state index contributed by atoms with van der Waals surface area (Å²) < 4.78 is 4.86. The third-order valence-corrected chi connectivity index (χ3v) is 2.49. The second-order valence-corrected chi connectivity index (χ2v) is 3.77. The number of thiazole rings is 1. The molecule has 14 heavy (non-hydrogen) atoms. The van der Waals surface area contributed by atoms with Crippen molar-refractivity contribution in [2.75, 3.05) is 11.9 Å². The van der Waals surface area contributed by atoms with Gasteiger partial charge in [-0.05, 0) is 20.8 Å². The quantitative estimate of drug-likeness (QED) is 0.777. The summed E-state index contributed by atoms with van der Waals surface area (Å²) in [6, 6.07) is -0.347. The summed E-state index contributed by atoms with van der Waals surface area (Å²) >= 11 is 1.48. The van der Waals surface area contributed by atoms with E-state index in [1.807, 2.05) is 12.3 Å². The molecule has 0 saturated carbocycles. The van der Waals surface area contributed by atoms with Gasteiger partial charge in [-0.3, -0.25) is 0 Å².